The van der Waals surface area contributed by atoms with E-state index in [2.05, 4.69) is 5.32 Å². The minimum absolute atomic E-state index is 0.0433. The maximum Gasteiger partial charge on any atom is 0.392 e. The second kappa shape index (κ2) is 10.7. The number of halogens is 4. The van der Waals surface area contributed by atoms with Gasteiger partial charge in [0.1, 0.15) is 5.60 Å². The second-order valence-corrected chi connectivity index (χ2v) is 11.3. The van der Waals surface area contributed by atoms with E-state index in [0.717, 1.165) is 25.3 Å². The van der Waals surface area contributed by atoms with Crippen LogP contribution < -0.4 is 14.8 Å². The highest BCUT2D eigenvalue weighted by Gasteiger charge is 2.45. The number of fused-ring (bicyclic) bond motifs is 1. The maximum absolute atomic E-state index is 13.8. The van der Waals surface area contributed by atoms with Crippen molar-refractivity contribution in [1.29, 1.82) is 0 Å². The first-order chi connectivity index (χ1) is 17.7. The number of nitrogens with one attached hydrogen (secondary N) is 1. The summed E-state index contributed by atoms with van der Waals surface area (Å²) in [6, 6.07) is 9.33. The monoisotopic (exact) mass is 553 g/mol. The van der Waals surface area contributed by atoms with Crippen LogP contribution in [-0.2, 0) is 14.3 Å². The molecule has 1 aliphatic carbocycles. The molecular weight excluding hydrogens is 523 g/mol. The first-order valence-corrected chi connectivity index (χ1v) is 12.9. The molecule has 1 fully saturated rings. The molecule has 38 heavy (non-hydrogen) atoms. The molecule has 0 radical (unpaired) electrons. The first kappa shape index (κ1) is 28.1. The van der Waals surface area contributed by atoms with Crippen LogP contribution >= 0.6 is 11.6 Å². The van der Waals surface area contributed by atoms with E-state index in [-0.39, 0.29) is 53.0 Å². The van der Waals surface area contributed by atoms with Crippen LogP contribution in [0.25, 0.3) is 0 Å². The fourth-order valence-corrected chi connectivity index (χ4v) is 4.83. The molecule has 2 aromatic carbocycles. The lowest BCUT2D eigenvalue weighted by Gasteiger charge is -2.26. The number of alkyl halides is 3. The Bertz CT molecular complexity index is 1210. The van der Waals surface area contributed by atoms with Crippen molar-refractivity contribution in [2.75, 3.05) is 12.1 Å². The molecular formula is C28H31ClF3NO5. The number of hydrogen-bond acceptors (Lipinski definition) is 5. The van der Waals surface area contributed by atoms with Gasteiger partial charge in [0.2, 0.25) is 12.7 Å². The summed E-state index contributed by atoms with van der Waals surface area (Å²) in [5.41, 5.74) is 0.471. The second-order valence-electron chi connectivity index (χ2n) is 10.9. The van der Waals surface area contributed by atoms with Gasteiger partial charge in [-0.15, -0.1) is 0 Å². The third-order valence-corrected chi connectivity index (χ3v) is 7.06. The van der Waals surface area contributed by atoms with Gasteiger partial charge in [-0.3, -0.25) is 9.59 Å². The summed E-state index contributed by atoms with van der Waals surface area (Å²) < 4.78 is 57.6. The zero-order chi connectivity index (χ0) is 27.8. The number of anilines is 1. The van der Waals surface area contributed by atoms with Gasteiger partial charge in [-0.25, -0.2) is 0 Å². The number of amides is 1. The molecule has 1 aliphatic heterocycles. The average Bonchev–Trinajstić information content (AvgIpc) is 3.54. The van der Waals surface area contributed by atoms with Crippen LogP contribution in [0, 0.1) is 11.8 Å². The van der Waals surface area contributed by atoms with Crippen molar-refractivity contribution in [2.24, 2.45) is 11.8 Å². The molecule has 0 bridgehead atoms. The van der Waals surface area contributed by atoms with Crippen molar-refractivity contribution < 1.29 is 37.0 Å². The molecule has 4 rings (SSSR count). The summed E-state index contributed by atoms with van der Waals surface area (Å²) in [7, 11) is 0. The molecule has 2 aliphatic rings. The van der Waals surface area contributed by atoms with E-state index >= 15 is 0 Å². The van der Waals surface area contributed by atoms with E-state index in [1.165, 1.54) is 18.2 Å². The molecule has 0 aromatic heterocycles. The fourth-order valence-electron chi connectivity index (χ4n) is 4.66. The van der Waals surface area contributed by atoms with Gasteiger partial charge in [-0.1, -0.05) is 30.7 Å². The number of carbonyl (C=O) groups is 2. The highest BCUT2D eigenvalue weighted by atomic mass is 35.5. The molecule has 0 saturated heterocycles. The molecule has 0 spiro atoms. The molecule has 1 heterocycles. The van der Waals surface area contributed by atoms with Crippen LogP contribution in [0.5, 0.6) is 11.5 Å². The Morgan fingerprint density at radius 2 is 1.71 bits per heavy atom. The van der Waals surface area contributed by atoms with E-state index in [1.807, 2.05) is 0 Å². The Morgan fingerprint density at radius 1 is 1.05 bits per heavy atom. The molecule has 1 amide bonds. The number of benzene rings is 2. The van der Waals surface area contributed by atoms with Crippen LogP contribution in [-0.4, -0.2) is 30.4 Å². The lowest BCUT2D eigenvalue weighted by atomic mass is 9.85. The Kier molecular flexibility index (Phi) is 7.89. The van der Waals surface area contributed by atoms with Gasteiger partial charge in [0, 0.05) is 0 Å². The summed E-state index contributed by atoms with van der Waals surface area (Å²) in [6.45, 7) is 6.32. The summed E-state index contributed by atoms with van der Waals surface area (Å²) in [5, 5.41) is 2.80. The molecule has 1 N–H and O–H groups in total. The Morgan fingerprint density at radius 3 is 2.34 bits per heavy atom. The minimum Gasteiger partial charge on any atom is -0.460 e. The van der Waals surface area contributed by atoms with Crippen LogP contribution in [0.1, 0.15) is 69.9 Å². The van der Waals surface area contributed by atoms with E-state index < -0.39 is 29.5 Å². The summed E-state index contributed by atoms with van der Waals surface area (Å²) in [4.78, 5) is 26.0. The van der Waals surface area contributed by atoms with E-state index in [9.17, 15) is 22.8 Å². The number of hydrogen-bond donors (Lipinski definition) is 1. The lowest BCUT2D eigenvalue weighted by Crippen LogP contribution is -2.34. The Hall–Kier alpha value is -2.94. The van der Waals surface area contributed by atoms with Crippen molar-refractivity contribution in [2.45, 2.75) is 70.6 Å². The third kappa shape index (κ3) is 6.73. The number of esters is 1. The van der Waals surface area contributed by atoms with Gasteiger partial charge >= 0.3 is 12.1 Å². The molecule has 3 unspecified atom stereocenters. The highest BCUT2D eigenvalue weighted by Crippen LogP contribution is 2.46. The highest BCUT2D eigenvalue weighted by molar-refractivity contribution is 6.33. The van der Waals surface area contributed by atoms with E-state index in [0.29, 0.717) is 5.75 Å². The van der Waals surface area contributed by atoms with Crippen molar-refractivity contribution >= 4 is 29.2 Å². The van der Waals surface area contributed by atoms with Crippen LogP contribution in [0.15, 0.2) is 36.4 Å². The standard InChI is InChI=1S/C28H31ClF3NO5/c1-15(28(30,31)32)25(18-8-10-22-23(12-18)37-14-36-22)26(35)33-21-11-17(7-9-20(21)29)19(16-5-6-16)13-24(34)38-27(2,3)4/h7-12,15-16,19,25H,5-6,13-14H2,1-4H3,(H,33,35). The molecule has 6 nitrogen and oxygen atoms in total. The van der Waals surface area contributed by atoms with E-state index in [1.54, 1.807) is 39.0 Å². The predicted octanol–water partition coefficient (Wildman–Crippen LogP) is 7.21. The summed E-state index contributed by atoms with van der Waals surface area (Å²) in [6.07, 6.45) is -2.57. The minimum atomic E-state index is -4.63. The SMILES string of the molecule is CC(C(C(=O)Nc1cc(C(CC(=O)OC(C)(C)C)C2CC2)ccc1Cl)c1ccc2c(c1)OCO2)C(F)(F)F. The first-order valence-electron chi connectivity index (χ1n) is 12.5. The largest absolute Gasteiger partial charge is 0.460 e. The molecule has 1 saturated carbocycles. The van der Waals surface area contributed by atoms with Crippen molar-refractivity contribution in [1.82, 2.24) is 0 Å². The van der Waals surface area contributed by atoms with E-state index in [4.69, 9.17) is 25.8 Å². The Balaban J connectivity index is 1.60. The fraction of sp³-hybridized carbons (Fsp3) is 0.500. The van der Waals surface area contributed by atoms with Gasteiger partial charge in [-0.2, -0.15) is 13.2 Å². The number of ether oxygens (including phenoxy) is 3. The molecule has 206 valence electrons. The average molecular weight is 554 g/mol. The van der Waals surface area contributed by atoms with Crippen LogP contribution in [0.2, 0.25) is 5.02 Å². The molecule has 3 atom stereocenters. The lowest BCUT2D eigenvalue weighted by molar-refractivity contribution is -0.178. The maximum atomic E-state index is 13.8. The van der Waals surface area contributed by atoms with Gasteiger partial charge < -0.3 is 19.5 Å². The van der Waals surface area contributed by atoms with Crippen LogP contribution in [0.3, 0.4) is 0 Å². The zero-order valence-electron chi connectivity index (χ0n) is 21.7. The van der Waals surface area contributed by atoms with Crippen molar-refractivity contribution in [3.8, 4) is 11.5 Å². The van der Waals surface area contributed by atoms with Crippen molar-refractivity contribution in [3.63, 3.8) is 0 Å². The van der Waals surface area contributed by atoms with Gasteiger partial charge in [0.05, 0.1) is 29.0 Å². The zero-order valence-corrected chi connectivity index (χ0v) is 22.4. The smallest absolute Gasteiger partial charge is 0.392 e. The van der Waals surface area contributed by atoms with Crippen molar-refractivity contribution in [3.05, 3.63) is 52.5 Å². The third-order valence-electron chi connectivity index (χ3n) is 6.73. The quantitative estimate of drug-likeness (QED) is 0.349. The summed E-state index contributed by atoms with van der Waals surface area (Å²) in [5.74, 6) is -3.94. The van der Waals surface area contributed by atoms with Crippen LogP contribution in [0.4, 0.5) is 18.9 Å². The molecule has 10 heteroatoms. The normalized spacial score (nSPS) is 17.5. The van der Waals surface area contributed by atoms with Gasteiger partial charge in [-0.05, 0) is 80.8 Å². The Labute approximate surface area is 224 Å². The number of carbonyl (C=O) groups excluding carboxylic acids is 2. The topological polar surface area (TPSA) is 73.9 Å². The van der Waals surface area contributed by atoms with Gasteiger partial charge in [0.25, 0.3) is 0 Å². The predicted molar refractivity (Wildman–Crippen MR) is 137 cm³/mol. The molecule has 2 aromatic rings. The summed E-state index contributed by atoms with van der Waals surface area (Å²) >= 11 is 6.36. The van der Waals surface area contributed by atoms with Gasteiger partial charge in [0.15, 0.2) is 11.5 Å². The number of rotatable bonds is 8.